The first-order valence-corrected chi connectivity index (χ1v) is 9.42. The number of H-pyrrole nitrogens is 1. The summed E-state index contributed by atoms with van der Waals surface area (Å²) in [5.74, 6) is -0.374. The molecule has 1 amide bonds. The fourth-order valence-corrected chi connectivity index (χ4v) is 3.24. The Hall–Kier alpha value is -3.98. The fourth-order valence-electron chi connectivity index (χ4n) is 3.12. The van der Waals surface area contributed by atoms with E-state index in [4.69, 9.17) is 21.1 Å². The molecule has 2 heterocycles. The minimum absolute atomic E-state index is 0.211. The van der Waals surface area contributed by atoms with Crippen LogP contribution in [0, 0.1) is 0 Å². The maximum absolute atomic E-state index is 12.8. The lowest BCUT2D eigenvalue weighted by Crippen LogP contribution is -2.23. The Kier molecular flexibility index (Phi) is 5.26. The van der Waals surface area contributed by atoms with E-state index < -0.39 is 22.8 Å². The number of carbonyl (C=O) groups is 1. The lowest BCUT2D eigenvalue weighted by atomic mass is 10.2. The average Bonchev–Trinajstić information content (AvgIpc) is 3.18. The summed E-state index contributed by atoms with van der Waals surface area (Å²) >= 11 is 5.91. The van der Waals surface area contributed by atoms with E-state index in [2.05, 4.69) is 15.4 Å². The molecule has 158 valence electrons. The van der Waals surface area contributed by atoms with E-state index in [0.717, 1.165) is 0 Å². The normalized spacial score (nSPS) is 10.8. The first-order valence-electron chi connectivity index (χ1n) is 9.04. The van der Waals surface area contributed by atoms with E-state index in [0.29, 0.717) is 27.9 Å². The van der Waals surface area contributed by atoms with Crippen LogP contribution >= 0.6 is 11.6 Å². The summed E-state index contributed by atoms with van der Waals surface area (Å²) in [6, 6.07) is 11.5. The number of aromatic hydroxyl groups is 1. The maximum Gasteiger partial charge on any atom is 0.266 e. The van der Waals surface area contributed by atoms with Crippen LogP contribution in [0.3, 0.4) is 0 Å². The number of aromatic amines is 1. The Bertz CT molecular complexity index is 1320. The molecule has 0 saturated carbocycles. The Morgan fingerprint density at radius 3 is 2.39 bits per heavy atom. The van der Waals surface area contributed by atoms with Crippen LogP contribution in [-0.2, 0) is 0 Å². The van der Waals surface area contributed by atoms with Crippen molar-refractivity contribution >= 4 is 34.2 Å². The van der Waals surface area contributed by atoms with Gasteiger partial charge in [-0.05, 0) is 24.3 Å². The van der Waals surface area contributed by atoms with Crippen molar-refractivity contribution in [3.63, 3.8) is 0 Å². The zero-order chi connectivity index (χ0) is 22.1. The molecule has 0 aliphatic rings. The third-order valence-corrected chi connectivity index (χ3v) is 4.88. The molecule has 0 bridgehead atoms. The van der Waals surface area contributed by atoms with Gasteiger partial charge in [0.25, 0.3) is 11.5 Å². The van der Waals surface area contributed by atoms with Crippen molar-refractivity contribution in [2.24, 2.45) is 0 Å². The molecule has 0 atom stereocenters. The van der Waals surface area contributed by atoms with Gasteiger partial charge in [0.05, 0.1) is 31.5 Å². The van der Waals surface area contributed by atoms with Gasteiger partial charge in [-0.15, -0.1) is 0 Å². The number of nitrogens with zero attached hydrogens (tertiary/aromatic N) is 2. The highest BCUT2D eigenvalue weighted by Crippen LogP contribution is 2.29. The summed E-state index contributed by atoms with van der Waals surface area (Å²) in [5, 5.41) is 18.2. The molecule has 0 aliphatic carbocycles. The number of halogens is 1. The van der Waals surface area contributed by atoms with Crippen LogP contribution < -0.4 is 20.3 Å². The average molecular weight is 441 g/mol. The third-order valence-electron chi connectivity index (χ3n) is 4.63. The minimum atomic E-state index is -0.796. The van der Waals surface area contributed by atoms with Gasteiger partial charge in [0.2, 0.25) is 0 Å². The topological polar surface area (TPSA) is 118 Å². The molecule has 9 nitrogen and oxygen atoms in total. The number of methoxy groups -OCH3 is 2. The summed E-state index contributed by atoms with van der Waals surface area (Å²) in [6.07, 6.45) is 1.36. The molecule has 0 saturated heterocycles. The van der Waals surface area contributed by atoms with Crippen LogP contribution in [0.5, 0.6) is 17.2 Å². The number of anilines is 1. The van der Waals surface area contributed by atoms with E-state index in [9.17, 15) is 14.7 Å². The highest BCUT2D eigenvalue weighted by molar-refractivity contribution is 6.30. The van der Waals surface area contributed by atoms with Crippen molar-refractivity contribution in [1.29, 1.82) is 0 Å². The number of ether oxygens (including phenoxy) is 2. The van der Waals surface area contributed by atoms with E-state index in [1.54, 1.807) is 42.5 Å². The van der Waals surface area contributed by atoms with E-state index >= 15 is 0 Å². The van der Waals surface area contributed by atoms with E-state index in [-0.39, 0.29) is 11.0 Å². The van der Waals surface area contributed by atoms with Crippen molar-refractivity contribution in [2.45, 2.75) is 0 Å². The number of nitrogens with one attached hydrogen (secondary N) is 2. The van der Waals surface area contributed by atoms with Crippen LogP contribution in [-0.4, -0.2) is 40.0 Å². The molecule has 10 heteroatoms. The summed E-state index contributed by atoms with van der Waals surface area (Å²) in [7, 11) is 2.95. The molecule has 2 aromatic carbocycles. The van der Waals surface area contributed by atoms with Crippen LogP contribution in [0.4, 0.5) is 5.69 Å². The number of aromatic nitrogens is 3. The summed E-state index contributed by atoms with van der Waals surface area (Å²) in [4.78, 5) is 28.1. The third kappa shape index (κ3) is 3.78. The van der Waals surface area contributed by atoms with E-state index in [1.807, 2.05) is 0 Å². The Balaban J connectivity index is 1.74. The standard InChI is InChI=1S/C21H17ClN4O5/c1-30-14-7-12(8-15(9-14)31-2)24-20(28)17-18(27)16-10-23-26(19(16)25-21(17)29)13-5-3-11(22)4-6-13/h3-10H,1-2H3,(H,24,28)(H2,25,27,29). The van der Waals surface area contributed by atoms with Crippen molar-refractivity contribution in [3.8, 4) is 22.9 Å². The number of hydrogen-bond acceptors (Lipinski definition) is 6. The molecule has 0 radical (unpaired) electrons. The summed E-state index contributed by atoms with van der Waals surface area (Å²) < 4.78 is 11.8. The van der Waals surface area contributed by atoms with Crippen LogP contribution in [0.15, 0.2) is 53.5 Å². The predicted octanol–water partition coefficient (Wildman–Crippen LogP) is 3.34. The van der Waals surface area contributed by atoms with Gasteiger partial charge in [-0.2, -0.15) is 5.10 Å². The van der Waals surface area contributed by atoms with Crippen molar-refractivity contribution < 1.29 is 19.4 Å². The zero-order valence-electron chi connectivity index (χ0n) is 16.5. The number of carbonyl (C=O) groups excluding carboxylic acids is 1. The SMILES string of the molecule is COc1cc(NC(=O)c2c(O)c3cnn(-c4ccc(Cl)cc4)c3[nH]c2=O)cc(OC)c1. The first kappa shape index (κ1) is 20.3. The highest BCUT2D eigenvalue weighted by atomic mass is 35.5. The molecule has 4 aromatic rings. The molecule has 3 N–H and O–H groups in total. The molecule has 0 aliphatic heterocycles. The van der Waals surface area contributed by atoms with Gasteiger partial charge in [-0.25, -0.2) is 4.68 Å². The van der Waals surface area contributed by atoms with Gasteiger partial charge in [-0.3, -0.25) is 9.59 Å². The molecular formula is C21H17ClN4O5. The van der Waals surface area contributed by atoms with Gasteiger partial charge >= 0.3 is 0 Å². The van der Waals surface area contributed by atoms with Gasteiger partial charge in [-0.1, -0.05) is 11.6 Å². The van der Waals surface area contributed by atoms with Gasteiger partial charge in [0.1, 0.15) is 28.5 Å². The Morgan fingerprint density at radius 1 is 1.13 bits per heavy atom. The molecule has 0 spiro atoms. The molecule has 2 aromatic heterocycles. The molecule has 0 fully saturated rings. The number of fused-ring (bicyclic) bond motifs is 1. The molecule has 0 unspecified atom stereocenters. The Labute approximate surface area is 180 Å². The lowest BCUT2D eigenvalue weighted by molar-refractivity contribution is 0.102. The van der Waals surface area contributed by atoms with E-state index in [1.165, 1.54) is 25.1 Å². The van der Waals surface area contributed by atoms with Crippen LogP contribution in [0.2, 0.25) is 5.02 Å². The summed E-state index contributed by atoms with van der Waals surface area (Å²) in [5.41, 5.74) is -0.0190. The predicted molar refractivity (Wildman–Crippen MR) is 116 cm³/mol. The lowest BCUT2D eigenvalue weighted by Gasteiger charge is -2.11. The highest BCUT2D eigenvalue weighted by Gasteiger charge is 2.22. The smallest absolute Gasteiger partial charge is 0.266 e. The van der Waals surface area contributed by atoms with Crippen molar-refractivity contribution in [1.82, 2.24) is 14.8 Å². The largest absolute Gasteiger partial charge is 0.506 e. The zero-order valence-corrected chi connectivity index (χ0v) is 17.2. The second kappa shape index (κ2) is 8.04. The van der Waals surface area contributed by atoms with Crippen LogP contribution in [0.1, 0.15) is 10.4 Å². The minimum Gasteiger partial charge on any atom is -0.506 e. The summed E-state index contributed by atoms with van der Waals surface area (Å²) in [6.45, 7) is 0. The van der Waals surface area contributed by atoms with Gasteiger partial charge < -0.3 is 24.9 Å². The monoisotopic (exact) mass is 440 g/mol. The van der Waals surface area contributed by atoms with Crippen molar-refractivity contribution in [3.05, 3.63) is 69.6 Å². The second-order valence-corrected chi connectivity index (χ2v) is 6.96. The van der Waals surface area contributed by atoms with Gasteiger partial charge in [0.15, 0.2) is 0 Å². The molecule has 31 heavy (non-hydrogen) atoms. The van der Waals surface area contributed by atoms with Crippen molar-refractivity contribution in [2.75, 3.05) is 19.5 Å². The number of benzene rings is 2. The molecular weight excluding hydrogens is 424 g/mol. The number of hydrogen-bond donors (Lipinski definition) is 3. The first-order chi connectivity index (χ1) is 14.9. The van der Waals surface area contributed by atoms with Gasteiger partial charge in [0, 0.05) is 28.9 Å². The number of rotatable bonds is 5. The maximum atomic E-state index is 12.8. The quantitative estimate of drug-likeness (QED) is 0.438. The number of amides is 1. The number of pyridine rings is 1. The van der Waals surface area contributed by atoms with Crippen LogP contribution in [0.25, 0.3) is 16.7 Å². The second-order valence-electron chi connectivity index (χ2n) is 6.53. The Morgan fingerprint density at radius 2 is 1.77 bits per heavy atom. The fraction of sp³-hybridized carbons (Fsp3) is 0.0952. The molecule has 4 rings (SSSR count).